The Bertz CT molecular complexity index is 704. The molecule has 0 radical (unpaired) electrons. The zero-order chi connectivity index (χ0) is 19.6. The molecule has 7 nitrogen and oxygen atoms in total. The number of carbonyl (C=O) groups excluding carboxylic acids is 1. The summed E-state index contributed by atoms with van der Waals surface area (Å²) >= 11 is 0. The molecule has 0 atom stereocenters. The van der Waals surface area contributed by atoms with Gasteiger partial charge in [-0.1, -0.05) is 13.0 Å². The summed E-state index contributed by atoms with van der Waals surface area (Å²) in [5.74, 6) is 0.990. The Labute approximate surface area is 161 Å². The van der Waals surface area contributed by atoms with Gasteiger partial charge in [-0.3, -0.25) is 4.79 Å². The number of methoxy groups -OCH3 is 2. The molecule has 1 N–H and O–H groups in total. The van der Waals surface area contributed by atoms with Crippen LogP contribution in [-0.2, 0) is 11.2 Å². The van der Waals surface area contributed by atoms with Crippen molar-refractivity contribution in [2.24, 2.45) is 0 Å². The van der Waals surface area contributed by atoms with Gasteiger partial charge in [-0.15, -0.1) is 0 Å². The smallest absolute Gasteiger partial charge is 0.263 e. The summed E-state index contributed by atoms with van der Waals surface area (Å²) in [5, 5.41) is 12.1. The van der Waals surface area contributed by atoms with Crippen LogP contribution in [0, 0.1) is 11.3 Å². The van der Waals surface area contributed by atoms with Crippen molar-refractivity contribution in [2.45, 2.75) is 13.3 Å². The normalized spacial score (nSPS) is 15.2. The van der Waals surface area contributed by atoms with E-state index in [-0.39, 0.29) is 11.5 Å². The highest BCUT2D eigenvalue weighted by Gasteiger charge is 2.16. The number of carbonyl (C=O) groups is 1. The Morgan fingerprint density at radius 1 is 1.22 bits per heavy atom. The fraction of sp³-hybridized carbons (Fsp3) is 0.500. The van der Waals surface area contributed by atoms with Gasteiger partial charge in [0.15, 0.2) is 11.5 Å². The molecule has 1 aliphatic rings. The van der Waals surface area contributed by atoms with Gasteiger partial charge < -0.3 is 24.6 Å². The summed E-state index contributed by atoms with van der Waals surface area (Å²) in [7, 11) is 3.18. The van der Waals surface area contributed by atoms with Crippen molar-refractivity contribution in [2.75, 3.05) is 53.5 Å². The first kappa shape index (κ1) is 20.6. The number of nitrogens with zero attached hydrogens (tertiary/aromatic N) is 3. The first-order valence-electron chi connectivity index (χ1n) is 9.18. The fourth-order valence-corrected chi connectivity index (χ4v) is 2.98. The molecular formula is C20H28N4O3. The number of nitrogens with one attached hydrogen (secondary N) is 1. The van der Waals surface area contributed by atoms with Crippen LogP contribution in [0.1, 0.15) is 12.5 Å². The largest absolute Gasteiger partial charge is 0.493 e. The molecule has 0 saturated carbocycles. The monoisotopic (exact) mass is 372 g/mol. The van der Waals surface area contributed by atoms with E-state index in [1.165, 1.54) is 0 Å². The summed E-state index contributed by atoms with van der Waals surface area (Å²) in [4.78, 5) is 16.7. The molecule has 1 fully saturated rings. The van der Waals surface area contributed by atoms with Gasteiger partial charge >= 0.3 is 0 Å². The van der Waals surface area contributed by atoms with Crippen molar-refractivity contribution in [3.8, 4) is 17.6 Å². The molecule has 0 spiro atoms. The first-order valence-corrected chi connectivity index (χ1v) is 9.18. The Hall–Kier alpha value is -2.72. The molecule has 1 heterocycles. The van der Waals surface area contributed by atoms with E-state index < -0.39 is 0 Å². The van der Waals surface area contributed by atoms with Gasteiger partial charge in [0.25, 0.3) is 5.91 Å². The van der Waals surface area contributed by atoms with Crippen molar-refractivity contribution in [1.82, 2.24) is 15.1 Å². The quantitative estimate of drug-likeness (QED) is 0.549. The van der Waals surface area contributed by atoms with Crippen molar-refractivity contribution in [1.29, 1.82) is 5.26 Å². The van der Waals surface area contributed by atoms with Gasteiger partial charge in [0, 0.05) is 38.9 Å². The van der Waals surface area contributed by atoms with E-state index >= 15 is 0 Å². The van der Waals surface area contributed by atoms with Gasteiger partial charge in [0.2, 0.25) is 0 Å². The minimum absolute atomic E-state index is 0.146. The van der Waals surface area contributed by atoms with Crippen LogP contribution in [0.25, 0.3) is 0 Å². The third kappa shape index (κ3) is 5.90. The highest BCUT2D eigenvalue weighted by Crippen LogP contribution is 2.27. The average Bonchev–Trinajstić information content (AvgIpc) is 2.72. The van der Waals surface area contributed by atoms with Crippen molar-refractivity contribution < 1.29 is 14.3 Å². The highest BCUT2D eigenvalue weighted by molar-refractivity contribution is 5.97. The summed E-state index contributed by atoms with van der Waals surface area (Å²) in [5.41, 5.74) is 1.17. The number of likely N-dealkylation sites (N-methyl/N-ethyl adjacent to an activating group) is 1. The molecule has 27 heavy (non-hydrogen) atoms. The SMILES string of the molecule is CCN1CCN(/C=C(/C#N)C(=O)NCCc2ccc(OC)c(OC)c2)CC1. The van der Waals surface area contributed by atoms with Crippen molar-refractivity contribution in [3.05, 3.63) is 35.5 Å². The third-order valence-corrected chi connectivity index (χ3v) is 4.68. The van der Waals surface area contributed by atoms with Gasteiger partial charge in [0.1, 0.15) is 11.6 Å². The van der Waals surface area contributed by atoms with Crippen LogP contribution < -0.4 is 14.8 Å². The molecule has 1 aromatic carbocycles. The molecule has 0 bridgehead atoms. The van der Waals surface area contributed by atoms with E-state index in [1.807, 2.05) is 29.2 Å². The number of rotatable bonds is 8. The van der Waals surface area contributed by atoms with Crippen LogP contribution in [0.4, 0.5) is 0 Å². The predicted molar refractivity (Wildman–Crippen MR) is 104 cm³/mol. The lowest BCUT2D eigenvalue weighted by Gasteiger charge is -2.33. The Balaban J connectivity index is 1.87. The molecule has 0 aromatic heterocycles. The summed E-state index contributed by atoms with van der Waals surface area (Å²) < 4.78 is 10.5. The van der Waals surface area contributed by atoms with Crippen LogP contribution in [0.2, 0.25) is 0 Å². The summed E-state index contributed by atoms with van der Waals surface area (Å²) in [6.07, 6.45) is 2.32. The number of hydrogen-bond donors (Lipinski definition) is 1. The van der Waals surface area contributed by atoms with E-state index in [9.17, 15) is 10.1 Å². The molecular weight excluding hydrogens is 344 g/mol. The van der Waals surface area contributed by atoms with Crippen LogP contribution >= 0.6 is 0 Å². The zero-order valence-corrected chi connectivity index (χ0v) is 16.3. The molecule has 7 heteroatoms. The standard InChI is InChI=1S/C20H28N4O3/c1-4-23-9-11-24(12-10-23)15-17(14-21)20(25)22-8-7-16-5-6-18(26-2)19(13-16)27-3/h5-6,13,15H,4,7-12H2,1-3H3,(H,22,25)/b17-15-. The van der Waals surface area contributed by atoms with Crippen molar-refractivity contribution >= 4 is 5.91 Å². The van der Waals surface area contributed by atoms with E-state index in [0.717, 1.165) is 38.3 Å². The van der Waals surface area contributed by atoms with Crippen LogP contribution in [0.15, 0.2) is 30.0 Å². The molecule has 0 unspecified atom stereocenters. The van der Waals surface area contributed by atoms with Gasteiger partial charge in [-0.05, 0) is 30.7 Å². The summed E-state index contributed by atoms with van der Waals surface area (Å²) in [6, 6.07) is 7.67. The summed E-state index contributed by atoms with van der Waals surface area (Å²) in [6.45, 7) is 7.17. The second-order valence-corrected chi connectivity index (χ2v) is 6.32. The maximum absolute atomic E-state index is 12.3. The lowest BCUT2D eigenvalue weighted by atomic mass is 10.1. The molecule has 0 aliphatic carbocycles. The topological polar surface area (TPSA) is 77.8 Å². The van der Waals surface area contributed by atoms with Crippen LogP contribution in [0.3, 0.4) is 0 Å². The number of piperazine rings is 1. The van der Waals surface area contributed by atoms with Gasteiger partial charge in [-0.2, -0.15) is 5.26 Å². The minimum atomic E-state index is -0.337. The number of hydrogen-bond acceptors (Lipinski definition) is 6. The number of amides is 1. The lowest BCUT2D eigenvalue weighted by molar-refractivity contribution is -0.117. The number of benzene rings is 1. The van der Waals surface area contributed by atoms with E-state index in [0.29, 0.717) is 24.5 Å². The van der Waals surface area contributed by atoms with Gasteiger partial charge in [-0.25, -0.2) is 0 Å². The number of ether oxygens (including phenoxy) is 2. The second kappa shape index (κ2) is 10.4. The Kier molecular flexibility index (Phi) is 7.96. The molecule has 1 amide bonds. The van der Waals surface area contributed by atoms with E-state index in [4.69, 9.17) is 9.47 Å². The lowest BCUT2D eigenvalue weighted by Crippen LogP contribution is -2.44. The maximum Gasteiger partial charge on any atom is 0.263 e. The van der Waals surface area contributed by atoms with Crippen molar-refractivity contribution in [3.63, 3.8) is 0 Å². The molecule has 1 aliphatic heterocycles. The minimum Gasteiger partial charge on any atom is -0.493 e. The van der Waals surface area contributed by atoms with Crippen LogP contribution in [-0.4, -0.2) is 69.2 Å². The third-order valence-electron chi connectivity index (χ3n) is 4.68. The second-order valence-electron chi connectivity index (χ2n) is 6.32. The number of nitriles is 1. The molecule has 146 valence electrons. The Morgan fingerprint density at radius 3 is 2.52 bits per heavy atom. The van der Waals surface area contributed by atoms with E-state index in [2.05, 4.69) is 17.1 Å². The fourth-order valence-electron chi connectivity index (χ4n) is 2.98. The van der Waals surface area contributed by atoms with Crippen LogP contribution in [0.5, 0.6) is 11.5 Å². The predicted octanol–water partition coefficient (Wildman–Crippen LogP) is 1.41. The molecule has 2 rings (SSSR count). The highest BCUT2D eigenvalue weighted by atomic mass is 16.5. The maximum atomic E-state index is 12.3. The van der Waals surface area contributed by atoms with E-state index in [1.54, 1.807) is 20.4 Å². The molecule has 1 aromatic rings. The molecule has 1 saturated heterocycles. The first-order chi connectivity index (χ1) is 13.1. The Morgan fingerprint density at radius 2 is 1.93 bits per heavy atom. The van der Waals surface area contributed by atoms with Gasteiger partial charge in [0.05, 0.1) is 14.2 Å². The average molecular weight is 372 g/mol. The zero-order valence-electron chi connectivity index (χ0n) is 16.3.